The van der Waals surface area contributed by atoms with Gasteiger partial charge in [0, 0.05) is 21.6 Å². The van der Waals surface area contributed by atoms with Crippen LogP contribution in [-0.2, 0) is 6.54 Å². The molecule has 5 heteroatoms. The smallest absolute Gasteiger partial charge is 0.132 e. The monoisotopic (exact) mass is 325 g/mol. The summed E-state index contributed by atoms with van der Waals surface area (Å²) in [6.07, 6.45) is 1.80. The van der Waals surface area contributed by atoms with E-state index in [2.05, 4.69) is 27.5 Å². The SMILES string of the molecule is C=CCn1c(C)nc(-c2ccc(Cl)cc2Br)c1N. The third-order valence-electron chi connectivity index (χ3n) is 2.70. The highest BCUT2D eigenvalue weighted by Crippen LogP contribution is 2.33. The van der Waals surface area contributed by atoms with Crippen molar-refractivity contribution in [1.82, 2.24) is 9.55 Å². The highest BCUT2D eigenvalue weighted by Gasteiger charge is 2.15. The summed E-state index contributed by atoms with van der Waals surface area (Å²) in [5, 5.41) is 0.673. The van der Waals surface area contributed by atoms with Crippen LogP contribution < -0.4 is 5.73 Å². The molecule has 2 aromatic rings. The number of imidazole rings is 1. The van der Waals surface area contributed by atoms with Crippen molar-refractivity contribution in [3.8, 4) is 11.3 Å². The molecular weight excluding hydrogens is 314 g/mol. The van der Waals surface area contributed by atoms with E-state index in [9.17, 15) is 0 Å². The lowest BCUT2D eigenvalue weighted by atomic mass is 10.1. The minimum atomic E-state index is 0.635. The van der Waals surface area contributed by atoms with Gasteiger partial charge in [0.1, 0.15) is 17.3 Å². The van der Waals surface area contributed by atoms with Crippen LogP contribution in [0.4, 0.5) is 5.82 Å². The van der Waals surface area contributed by atoms with Gasteiger partial charge >= 0.3 is 0 Å². The van der Waals surface area contributed by atoms with Gasteiger partial charge in [0.15, 0.2) is 0 Å². The fourth-order valence-electron chi connectivity index (χ4n) is 1.82. The number of nitrogen functional groups attached to an aromatic ring is 1. The van der Waals surface area contributed by atoms with Crippen molar-refractivity contribution in [2.24, 2.45) is 0 Å². The summed E-state index contributed by atoms with van der Waals surface area (Å²) in [4.78, 5) is 4.51. The molecule has 1 heterocycles. The molecule has 0 saturated heterocycles. The van der Waals surface area contributed by atoms with E-state index >= 15 is 0 Å². The molecule has 1 aromatic heterocycles. The fraction of sp³-hybridized carbons (Fsp3) is 0.154. The molecule has 0 amide bonds. The number of nitrogens with two attached hydrogens (primary N) is 1. The molecule has 3 nitrogen and oxygen atoms in total. The van der Waals surface area contributed by atoms with Crippen LogP contribution in [0.15, 0.2) is 35.3 Å². The maximum Gasteiger partial charge on any atom is 0.132 e. The van der Waals surface area contributed by atoms with Gasteiger partial charge in [-0.25, -0.2) is 4.98 Å². The van der Waals surface area contributed by atoms with Crippen molar-refractivity contribution in [1.29, 1.82) is 0 Å². The summed E-state index contributed by atoms with van der Waals surface area (Å²) in [5.41, 5.74) is 7.82. The largest absolute Gasteiger partial charge is 0.383 e. The van der Waals surface area contributed by atoms with E-state index in [1.54, 1.807) is 6.08 Å². The number of allylic oxidation sites excluding steroid dienone is 1. The zero-order valence-electron chi connectivity index (χ0n) is 9.95. The standard InChI is InChI=1S/C13H13BrClN3/c1-3-6-18-8(2)17-12(13(18)16)10-5-4-9(15)7-11(10)14/h3-5,7H,1,6,16H2,2H3. The Bertz CT molecular complexity index is 605. The van der Waals surface area contributed by atoms with E-state index in [1.165, 1.54) is 0 Å². The molecule has 0 spiro atoms. The van der Waals surface area contributed by atoms with Crippen molar-refractivity contribution < 1.29 is 0 Å². The molecule has 0 aliphatic rings. The van der Waals surface area contributed by atoms with Crippen LogP contribution in [-0.4, -0.2) is 9.55 Å². The normalized spacial score (nSPS) is 10.6. The lowest BCUT2D eigenvalue weighted by Gasteiger charge is -2.05. The quantitative estimate of drug-likeness (QED) is 0.865. The molecule has 0 aliphatic heterocycles. The molecule has 0 bridgehead atoms. The van der Waals surface area contributed by atoms with Crippen LogP contribution in [0.3, 0.4) is 0 Å². The maximum atomic E-state index is 6.13. The summed E-state index contributed by atoms with van der Waals surface area (Å²) >= 11 is 9.41. The third-order valence-corrected chi connectivity index (χ3v) is 3.59. The highest BCUT2D eigenvalue weighted by atomic mass is 79.9. The second-order valence-electron chi connectivity index (χ2n) is 3.92. The van der Waals surface area contributed by atoms with Crippen LogP contribution in [0.5, 0.6) is 0 Å². The number of halogens is 2. The van der Waals surface area contributed by atoms with Gasteiger partial charge in [-0.3, -0.25) is 0 Å². The second-order valence-corrected chi connectivity index (χ2v) is 5.21. The van der Waals surface area contributed by atoms with Gasteiger partial charge in [0.05, 0.1) is 0 Å². The van der Waals surface area contributed by atoms with Crippen LogP contribution in [0.25, 0.3) is 11.3 Å². The number of anilines is 1. The minimum absolute atomic E-state index is 0.635. The van der Waals surface area contributed by atoms with Gasteiger partial charge < -0.3 is 10.3 Å². The summed E-state index contributed by atoms with van der Waals surface area (Å²) in [6.45, 7) is 6.29. The summed E-state index contributed by atoms with van der Waals surface area (Å²) in [6, 6.07) is 5.56. The van der Waals surface area contributed by atoms with Crippen LogP contribution >= 0.6 is 27.5 Å². The lowest BCUT2D eigenvalue weighted by molar-refractivity contribution is 0.792. The molecular formula is C13H13BrClN3. The minimum Gasteiger partial charge on any atom is -0.383 e. The highest BCUT2D eigenvalue weighted by molar-refractivity contribution is 9.10. The molecule has 0 radical (unpaired) electrons. The predicted molar refractivity (Wildman–Crippen MR) is 79.7 cm³/mol. The summed E-state index contributed by atoms with van der Waals surface area (Å²) in [5.74, 6) is 1.50. The van der Waals surface area contributed by atoms with Crippen molar-refractivity contribution in [2.45, 2.75) is 13.5 Å². The Morgan fingerprint density at radius 1 is 1.56 bits per heavy atom. The van der Waals surface area contributed by atoms with E-state index < -0.39 is 0 Å². The Morgan fingerprint density at radius 3 is 2.89 bits per heavy atom. The molecule has 0 atom stereocenters. The number of nitrogens with zero attached hydrogens (tertiary/aromatic N) is 2. The van der Waals surface area contributed by atoms with E-state index in [0.717, 1.165) is 21.6 Å². The van der Waals surface area contributed by atoms with E-state index in [0.29, 0.717) is 17.4 Å². The molecule has 0 fully saturated rings. The van der Waals surface area contributed by atoms with Crippen molar-refractivity contribution >= 4 is 33.3 Å². The van der Waals surface area contributed by atoms with Gasteiger partial charge in [-0.2, -0.15) is 0 Å². The van der Waals surface area contributed by atoms with Crippen LogP contribution in [0.2, 0.25) is 5.02 Å². The maximum absolute atomic E-state index is 6.13. The summed E-state index contributed by atoms with van der Waals surface area (Å²) in [7, 11) is 0. The topological polar surface area (TPSA) is 43.8 Å². The molecule has 0 unspecified atom stereocenters. The molecule has 1 aromatic carbocycles. The number of aryl methyl sites for hydroxylation is 1. The summed E-state index contributed by atoms with van der Waals surface area (Å²) < 4.78 is 2.80. The Kier molecular flexibility index (Phi) is 3.78. The molecule has 0 aliphatic carbocycles. The number of hydrogen-bond donors (Lipinski definition) is 1. The molecule has 18 heavy (non-hydrogen) atoms. The first-order chi connectivity index (χ1) is 8.54. The number of hydrogen-bond acceptors (Lipinski definition) is 2. The van der Waals surface area contributed by atoms with Gasteiger partial charge in [-0.05, 0) is 19.1 Å². The molecule has 94 valence electrons. The Morgan fingerprint density at radius 2 is 2.28 bits per heavy atom. The fourth-order valence-corrected chi connectivity index (χ4v) is 2.69. The predicted octanol–water partition coefficient (Wildman–Crippen LogP) is 4.04. The number of benzene rings is 1. The third kappa shape index (κ3) is 2.31. The Hall–Kier alpha value is -1.26. The molecule has 0 saturated carbocycles. The first-order valence-corrected chi connectivity index (χ1v) is 6.60. The van der Waals surface area contributed by atoms with Crippen molar-refractivity contribution in [3.05, 3.63) is 46.2 Å². The average Bonchev–Trinajstić information content (AvgIpc) is 2.58. The molecule has 2 N–H and O–H groups in total. The van der Waals surface area contributed by atoms with Crippen LogP contribution in [0.1, 0.15) is 5.82 Å². The Labute approximate surface area is 119 Å². The van der Waals surface area contributed by atoms with Gasteiger partial charge in [0.2, 0.25) is 0 Å². The van der Waals surface area contributed by atoms with Gasteiger partial charge in [-0.1, -0.05) is 39.7 Å². The zero-order valence-corrected chi connectivity index (χ0v) is 12.3. The number of aromatic nitrogens is 2. The second kappa shape index (κ2) is 5.16. The first kappa shape index (κ1) is 13.2. The van der Waals surface area contributed by atoms with Crippen molar-refractivity contribution in [2.75, 3.05) is 5.73 Å². The zero-order chi connectivity index (χ0) is 13.3. The van der Waals surface area contributed by atoms with E-state index in [-0.39, 0.29) is 0 Å². The van der Waals surface area contributed by atoms with E-state index in [1.807, 2.05) is 29.7 Å². The first-order valence-electron chi connectivity index (χ1n) is 5.43. The van der Waals surface area contributed by atoms with Crippen molar-refractivity contribution in [3.63, 3.8) is 0 Å². The lowest BCUT2D eigenvalue weighted by Crippen LogP contribution is -2.03. The average molecular weight is 327 g/mol. The van der Waals surface area contributed by atoms with E-state index in [4.69, 9.17) is 17.3 Å². The van der Waals surface area contributed by atoms with Crippen LogP contribution in [0, 0.1) is 6.92 Å². The van der Waals surface area contributed by atoms with Gasteiger partial charge in [-0.15, -0.1) is 6.58 Å². The number of rotatable bonds is 3. The Balaban J connectivity index is 2.57. The molecule has 2 rings (SSSR count). The van der Waals surface area contributed by atoms with Gasteiger partial charge in [0.25, 0.3) is 0 Å².